The molecule has 1 N–H and O–H groups in total. The Bertz CT molecular complexity index is 247. The van der Waals surface area contributed by atoms with Crippen LogP contribution in [0.2, 0.25) is 0 Å². The molecule has 1 fully saturated rings. The Morgan fingerprint density at radius 2 is 2.31 bits per heavy atom. The van der Waals surface area contributed by atoms with Crippen LogP contribution >= 0.6 is 11.6 Å². The Labute approximate surface area is 82.9 Å². The molecule has 4 nitrogen and oxygen atoms in total. The van der Waals surface area contributed by atoms with E-state index in [1.165, 1.54) is 4.90 Å². The van der Waals surface area contributed by atoms with E-state index < -0.39 is 23.8 Å². The van der Waals surface area contributed by atoms with Crippen molar-refractivity contribution in [1.29, 1.82) is 0 Å². The molecule has 0 saturated carbocycles. The largest absolute Gasteiger partial charge is 0.480 e. The number of hydrogen-bond acceptors (Lipinski definition) is 2. The molecule has 0 spiro atoms. The van der Waals surface area contributed by atoms with Crippen molar-refractivity contribution in [2.75, 3.05) is 12.4 Å². The summed E-state index contributed by atoms with van der Waals surface area (Å²) in [5.41, 5.74) is 0. The smallest absolute Gasteiger partial charge is 0.326 e. The molecule has 0 aromatic carbocycles. The summed E-state index contributed by atoms with van der Waals surface area (Å²) in [5, 5.41) is 8.84. The monoisotopic (exact) mass is 206 g/mol. The van der Waals surface area contributed by atoms with Gasteiger partial charge < -0.3 is 10.0 Å². The molecule has 1 heterocycles. The van der Waals surface area contributed by atoms with Crippen LogP contribution in [-0.2, 0) is 9.59 Å². The van der Waals surface area contributed by atoms with Crippen molar-refractivity contribution >= 4 is 23.5 Å². The number of piperidine rings is 1. The molecule has 2 unspecified atom stereocenters. The Balaban J connectivity index is 2.72. The number of nitrogens with zero attached hydrogens (tertiary/aromatic N) is 1. The molecular weight excluding hydrogens is 194 g/mol. The van der Waals surface area contributed by atoms with Crippen molar-refractivity contribution in [2.45, 2.75) is 25.3 Å². The van der Waals surface area contributed by atoms with Crippen LogP contribution in [0.4, 0.5) is 0 Å². The van der Waals surface area contributed by atoms with Gasteiger partial charge in [-0.3, -0.25) is 4.79 Å². The maximum Gasteiger partial charge on any atom is 0.326 e. The van der Waals surface area contributed by atoms with Crippen LogP contribution in [0, 0.1) is 0 Å². The van der Waals surface area contributed by atoms with Crippen LogP contribution in [0.1, 0.15) is 20.6 Å². The lowest BCUT2D eigenvalue weighted by Gasteiger charge is -2.32. The zero-order chi connectivity index (χ0) is 10.7. The molecule has 74 valence electrons. The van der Waals surface area contributed by atoms with Gasteiger partial charge in [-0.2, -0.15) is 0 Å². The second kappa shape index (κ2) is 4.46. The molecule has 1 amide bonds. The number of carboxylic acids is 1. The highest BCUT2D eigenvalue weighted by Crippen LogP contribution is 2.17. The summed E-state index contributed by atoms with van der Waals surface area (Å²) in [7, 11) is 0. The van der Waals surface area contributed by atoms with Crippen molar-refractivity contribution in [3.05, 3.63) is 0 Å². The van der Waals surface area contributed by atoms with Crippen LogP contribution in [0.25, 0.3) is 0 Å². The van der Waals surface area contributed by atoms with Crippen molar-refractivity contribution in [3.63, 3.8) is 0 Å². The summed E-state index contributed by atoms with van der Waals surface area (Å²) in [5.74, 6) is -3.02. The molecule has 0 bridgehead atoms. The number of hydrogen-bond donors (Lipinski definition) is 1. The fourth-order valence-electron chi connectivity index (χ4n) is 1.51. The third kappa shape index (κ3) is 2.34. The zero-order valence-electron chi connectivity index (χ0n) is 8.07. The van der Waals surface area contributed by atoms with Crippen LogP contribution in [-0.4, -0.2) is 40.3 Å². The van der Waals surface area contributed by atoms with E-state index >= 15 is 0 Å². The van der Waals surface area contributed by atoms with Crippen molar-refractivity contribution in [3.8, 4) is 0 Å². The maximum absolute atomic E-state index is 11.4. The van der Waals surface area contributed by atoms with Gasteiger partial charge in [0, 0.05) is 6.54 Å². The van der Waals surface area contributed by atoms with Gasteiger partial charge in [0.2, 0.25) is 5.91 Å². The topological polar surface area (TPSA) is 57.6 Å². The lowest BCUT2D eigenvalue weighted by Crippen LogP contribution is -2.48. The summed E-state index contributed by atoms with van der Waals surface area (Å²) >= 11 is 5.31. The quantitative estimate of drug-likeness (QED) is 0.677. The second-order valence-corrected chi connectivity index (χ2v) is 3.21. The Morgan fingerprint density at radius 1 is 1.62 bits per heavy atom. The molecule has 1 aliphatic rings. The summed E-state index contributed by atoms with van der Waals surface area (Å²) in [6.07, 6.45) is 2.02. The van der Waals surface area contributed by atoms with Gasteiger partial charge in [0.1, 0.15) is 11.9 Å². The van der Waals surface area contributed by atoms with Gasteiger partial charge >= 0.3 is 5.97 Å². The van der Waals surface area contributed by atoms with Gasteiger partial charge in [-0.1, -0.05) is 0 Å². The third-order valence-corrected chi connectivity index (χ3v) is 2.35. The third-order valence-electron chi connectivity index (χ3n) is 2.16. The van der Waals surface area contributed by atoms with Gasteiger partial charge in [0.25, 0.3) is 0 Å². The summed E-state index contributed by atoms with van der Waals surface area (Å²) in [4.78, 5) is 23.3. The molecule has 0 aromatic rings. The average Bonchev–Trinajstić information content (AvgIpc) is 2.16. The first-order valence-electron chi connectivity index (χ1n) is 4.71. The Kier molecular flexibility index (Phi) is 3.02. The summed E-state index contributed by atoms with van der Waals surface area (Å²) in [6, 6.07) is -0.803. The molecule has 0 aliphatic carbocycles. The fourth-order valence-corrected chi connectivity index (χ4v) is 1.64. The number of carbonyl (C=O) groups excluding carboxylic acids is 1. The van der Waals surface area contributed by atoms with E-state index in [-0.39, 0.29) is 0 Å². The highest BCUT2D eigenvalue weighted by atomic mass is 35.5. The first kappa shape index (κ1) is 8.81. The molecule has 5 heteroatoms. The molecule has 0 radical (unpaired) electrons. The molecule has 1 aliphatic heterocycles. The van der Waals surface area contributed by atoms with Gasteiger partial charge in [-0.25, -0.2) is 4.79 Å². The molecule has 1 saturated heterocycles. The minimum absolute atomic E-state index is 0.387. The highest BCUT2D eigenvalue weighted by Gasteiger charge is 2.31. The molecular formula is C8H12ClNO3. The number of amides is 1. The lowest BCUT2D eigenvalue weighted by molar-refractivity contribution is -0.151. The standard InChI is InChI=1S/C8H12ClNO3/c9-5-7(11)10-4-2-1-3-6(10)8(12)13/h6H,1-5H2,(H,12,13)/i5D. The van der Waals surface area contributed by atoms with Crippen molar-refractivity contribution in [1.82, 2.24) is 4.90 Å². The first-order valence-corrected chi connectivity index (χ1v) is 4.57. The molecule has 1 rings (SSSR count). The van der Waals surface area contributed by atoms with E-state index in [0.29, 0.717) is 13.0 Å². The number of likely N-dealkylation sites (tertiary alicyclic amines) is 1. The number of aliphatic carboxylic acids is 1. The minimum Gasteiger partial charge on any atom is -0.480 e. The number of carboxylic acid groups (broad SMARTS) is 1. The van der Waals surface area contributed by atoms with Crippen LogP contribution in [0.5, 0.6) is 0 Å². The van der Waals surface area contributed by atoms with E-state index in [2.05, 4.69) is 0 Å². The molecule has 13 heavy (non-hydrogen) atoms. The molecule has 2 atom stereocenters. The predicted molar refractivity (Wildman–Crippen MR) is 47.7 cm³/mol. The van der Waals surface area contributed by atoms with Gasteiger partial charge in [-0.15, -0.1) is 11.6 Å². The van der Waals surface area contributed by atoms with Crippen molar-refractivity contribution in [2.24, 2.45) is 0 Å². The van der Waals surface area contributed by atoms with Gasteiger partial charge in [0.15, 0.2) is 0 Å². The predicted octanol–water partition coefficient (Wildman–Crippen LogP) is 0.691. The number of rotatable bonds is 2. The fraction of sp³-hybridized carbons (Fsp3) is 0.750. The summed E-state index contributed by atoms with van der Waals surface area (Å²) < 4.78 is 7.03. The summed E-state index contributed by atoms with van der Waals surface area (Å²) in [6.45, 7) is 0.387. The highest BCUT2D eigenvalue weighted by molar-refractivity contribution is 6.27. The van der Waals surface area contributed by atoms with E-state index in [4.69, 9.17) is 18.1 Å². The van der Waals surface area contributed by atoms with Gasteiger partial charge in [-0.05, 0) is 19.3 Å². The van der Waals surface area contributed by atoms with Crippen LogP contribution < -0.4 is 0 Å². The molecule has 0 aromatic heterocycles. The SMILES string of the molecule is [2H]C(Cl)C(=O)N1CCCCC1C(=O)O. The number of alkyl halides is 1. The Hall–Kier alpha value is -0.770. The maximum atomic E-state index is 11.4. The van der Waals surface area contributed by atoms with Gasteiger partial charge in [0.05, 0.1) is 1.37 Å². The number of halogens is 1. The van der Waals surface area contributed by atoms with E-state index in [0.717, 1.165) is 12.8 Å². The van der Waals surface area contributed by atoms with E-state index in [1.54, 1.807) is 0 Å². The van der Waals surface area contributed by atoms with Crippen molar-refractivity contribution < 1.29 is 16.1 Å². The van der Waals surface area contributed by atoms with Crippen LogP contribution in [0.15, 0.2) is 0 Å². The first-order chi connectivity index (χ1) is 6.54. The van der Waals surface area contributed by atoms with E-state index in [9.17, 15) is 9.59 Å². The minimum atomic E-state index is -1.39. The normalized spacial score (nSPS) is 26.4. The average molecular weight is 207 g/mol. The second-order valence-electron chi connectivity index (χ2n) is 2.99. The number of carbonyl (C=O) groups is 2. The van der Waals surface area contributed by atoms with E-state index in [1.807, 2.05) is 0 Å². The van der Waals surface area contributed by atoms with Crippen LogP contribution in [0.3, 0.4) is 0 Å². The zero-order valence-corrected chi connectivity index (χ0v) is 7.83. The lowest BCUT2D eigenvalue weighted by atomic mass is 10.0. The Morgan fingerprint density at radius 3 is 2.85 bits per heavy atom.